The molecule has 0 aliphatic carbocycles. The summed E-state index contributed by atoms with van der Waals surface area (Å²) in [5.41, 5.74) is 1.09. The Labute approximate surface area is 101 Å². The molecule has 0 spiro atoms. The number of hydrogen-bond donors (Lipinski definition) is 3. The second-order valence-electron chi connectivity index (χ2n) is 4.15. The van der Waals surface area contributed by atoms with Crippen LogP contribution in [0.25, 0.3) is 0 Å². The van der Waals surface area contributed by atoms with Crippen LogP contribution in [-0.2, 0) is 6.54 Å². The van der Waals surface area contributed by atoms with Crippen LogP contribution in [0, 0.1) is 0 Å². The zero-order chi connectivity index (χ0) is 12.3. The van der Waals surface area contributed by atoms with E-state index < -0.39 is 0 Å². The molecule has 1 aromatic rings. The number of aromatic amines is 1. The maximum absolute atomic E-state index is 4.46. The molecule has 2 heterocycles. The Morgan fingerprint density at radius 1 is 1.47 bits per heavy atom. The summed E-state index contributed by atoms with van der Waals surface area (Å²) in [5, 5.41) is 6.32. The van der Waals surface area contributed by atoms with Crippen LogP contribution < -0.4 is 10.6 Å². The number of H-pyrrole nitrogens is 1. The van der Waals surface area contributed by atoms with E-state index in [4.69, 9.17) is 0 Å². The van der Waals surface area contributed by atoms with Gasteiger partial charge in [0, 0.05) is 26.0 Å². The van der Waals surface area contributed by atoms with Gasteiger partial charge in [0.2, 0.25) is 5.96 Å². The zero-order valence-corrected chi connectivity index (χ0v) is 10.4. The first-order chi connectivity index (χ1) is 8.15. The molecule has 1 aliphatic rings. The number of nitrogens with zero attached hydrogens (tertiary/aromatic N) is 3. The van der Waals surface area contributed by atoms with Gasteiger partial charge in [-0.15, -0.1) is 0 Å². The van der Waals surface area contributed by atoms with Crippen molar-refractivity contribution in [3.05, 3.63) is 24.0 Å². The normalized spacial score (nSPS) is 21.7. The van der Waals surface area contributed by atoms with E-state index in [2.05, 4.69) is 25.6 Å². The van der Waals surface area contributed by atoms with Gasteiger partial charge in [-0.25, -0.2) is 9.98 Å². The fourth-order valence-electron chi connectivity index (χ4n) is 1.53. The third kappa shape index (κ3) is 2.99. The second kappa shape index (κ2) is 4.90. The van der Waals surface area contributed by atoms with Crippen molar-refractivity contribution in [2.24, 2.45) is 9.98 Å². The molecule has 0 aromatic carbocycles. The lowest BCUT2D eigenvalue weighted by molar-refractivity contribution is 0.559. The van der Waals surface area contributed by atoms with Crippen LogP contribution in [0.1, 0.15) is 12.6 Å². The van der Waals surface area contributed by atoms with Gasteiger partial charge in [-0.05, 0) is 19.1 Å². The molecule has 17 heavy (non-hydrogen) atoms. The molecular formula is C11H18N6. The summed E-state index contributed by atoms with van der Waals surface area (Å²) < 4.78 is 0. The Kier molecular flexibility index (Phi) is 3.32. The van der Waals surface area contributed by atoms with Crippen LogP contribution in [-0.4, -0.2) is 42.1 Å². The molecular weight excluding hydrogens is 216 g/mol. The minimum atomic E-state index is 0.0380. The molecule has 6 nitrogen and oxygen atoms in total. The van der Waals surface area contributed by atoms with Gasteiger partial charge >= 0.3 is 0 Å². The van der Waals surface area contributed by atoms with Gasteiger partial charge in [0.15, 0.2) is 5.96 Å². The number of hydrogen-bond acceptors (Lipinski definition) is 3. The predicted molar refractivity (Wildman–Crippen MR) is 68.8 cm³/mol. The molecule has 0 amide bonds. The third-order valence-electron chi connectivity index (χ3n) is 2.39. The fourth-order valence-corrected chi connectivity index (χ4v) is 1.53. The van der Waals surface area contributed by atoms with E-state index >= 15 is 0 Å². The van der Waals surface area contributed by atoms with Gasteiger partial charge < -0.3 is 15.2 Å². The van der Waals surface area contributed by atoms with Crippen LogP contribution in [0.15, 0.2) is 28.3 Å². The van der Waals surface area contributed by atoms with Crippen molar-refractivity contribution in [2.45, 2.75) is 19.6 Å². The molecule has 3 N–H and O–H groups in total. The average molecular weight is 234 g/mol. The predicted octanol–water partition coefficient (Wildman–Crippen LogP) is 0.327. The summed E-state index contributed by atoms with van der Waals surface area (Å²) >= 11 is 0. The van der Waals surface area contributed by atoms with Gasteiger partial charge in [-0.3, -0.25) is 5.32 Å². The monoisotopic (exact) mass is 234 g/mol. The van der Waals surface area contributed by atoms with Crippen molar-refractivity contribution in [2.75, 3.05) is 14.1 Å². The van der Waals surface area contributed by atoms with Gasteiger partial charge in [0.1, 0.15) is 6.17 Å². The van der Waals surface area contributed by atoms with Gasteiger partial charge in [-0.2, -0.15) is 0 Å². The summed E-state index contributed by atoms with van der Waals surface area (Å²) in [7, 11) is 3.90. The summed E-state index contributed by atoms with van der Waals surface area (Å²) in [6.45, 7) is 2.62. The van der Waals surface area contributed by atoms with E-state index in [1.807, 2.05) is 44.2 Å². The second-order valence-corrected chi connectivity index (χ2v) is 4.15. The van der Waals surface area contributed by atoms with Gasteiger partial charge in [0.05, 0.1) is 6.54 Å². The molecule has 1 unspecified atom stereocenters. The third-order valence-corrected chi connectivity index (χ3v) is 2.39. The summed E-state index contributed by atoms with van der Waals surface area (Å²) in [4.78, 5) is 13.9. The van der Waals surface area contributed by atoms with E-state index in [9.17, 15) is 0 Å². The number of guanidine groups is 2. The average Bonchev–Trinajstić information content (AvgIpc) is 2.78. The molecule has 6 heteroatoms. The number of aliphatic imine (C=N–C) groups is 2. The van der Waals surface area contributed by atoms with Gasteiger partial charge in [0.25, 0.3) is 0 Å². The van der Waals surface area contributed by atoms with Crippen molar-refractivity contribution in [3.8, 4) is 0 Å². The minimum Gasteiger partial charge on any atom is -0.363 e. The van der Waals surface area contributed by atoms with Crippen LogP contribution in [0.4, 0.5) is 0 Å². The van der Waals surface area contributed by atoms with Gasteiger partial charge in [-0.1, -0.05) is 0 Å². The topological polar surface area (TPSA) is 67.8 Å². The van der Waals surface area contributed by atoms with Crippen LogP contribution >= 0.6 is 0 Å². The lowest BCUT2D eigenvalue weighted by Gasteiger charge is -2.26. The first kappa shape index (κ1) is 11.5. The zero-order valence-electron chi connectivity index (χ0n) is 10.4. The molecule has 0 saturated heterocycles. The molecule has 0 radical (unpaired) electrons. The van der Waals surface area contributed by atoms with E-state index in [0.29, 0.717) is 6.54 Å². The largest absolute Gasteiger partial charge is 0.363 e. The van der Waals surface area contributed by atoms with Crippen LogP contribution in [0.3, 0.4) is 0 Å². The molecule has 1 aliphatic heterocycles. The molecule has 92 valence electrons. The Bertz CT molecular complexity index is 417. The highest BCUT2D eigenvalue weighted by atomic mass is 15.4. The highest BCUT2D eigenvalue weighted by Crippen LogP contribution is 1.99. The van der Waals surface area contributed by atoms with Crippen molar-refractivity contribution in [1.82, 2.24) is 20.5 Å². The molecule has 1 atom stereocenters. The smallest absolute Gasteiger partial charge is 0.202 e. The first-order valence-corrected chi connectivity index (χ1v) is 5.60. The maximum atomic E-state index is 4.46. The first-order valence-electron chi connectivity index (χ1n) is 5.60. The van der Waals surface area contributed by atoms with Crippen molar-refractivity contribution in [3.63, 3.8) is 0 Å². The Morgan fingerprint density at radius 2 is 2.29 bits per heavy atom. The fraction of sp³-hybridized carbons (Fsp3) is 0.455. The van der Waals surface area contributed by atoms with E-state index in [-0.39, 0.29) is 6.17 Å². The molecule has 0 bridgehead atoms. The van der Waals surface area contributed by atoms with Crippen molar-refractivity contribution in [1.29, 1.82) is 0 Å². The summed E-state index contributed by atoms with van der Waals surface area (Å²) in [6, 6.07) is 3.98. The van der Waals surface area contributed by atoms with E-state index in [0.717, 1.165) is 17.6 Å². The SMILES string of the molecule is CC1N=C(N(C)C)NC(=NCc2ccc[nH]2)N1. The Hall–Kier alpha value is -1.98. The van der Waals surface area contributed by atoms with Crippen molar-refractivity contribution >= 4 is 11.9 Å². The molecule has 2 rings (SSSR count). The highest BCUT2D eigenvalue weighted by Gasteiger charge is 2.15. The lowest BCUT2D eigenvalue weighted by atomic mass is 10.4. The van der Waals surface area contributed by atoms with E-state index in [1.165, 1.54) is 0 Å². The highest BCUT2D eigenvalue weighted by molar-refractivity contribution is 6.00. The quantitative estimate of drug-likeness (QED) is 0.690. The standard InChI is InChI=1S/C11H18N6/c1-8-14-10(16-11(15-8)17(2)3)13-7-9-5-4-6-12-9/h4-6,8,12H,7H2,1-3H3,(H2,13,14,15,16). The lowest BCUT2D eigenvalue weighted by Crippen LogP contribution is -2.53. The number of aromatic nitrogens is 1. The molecule has 0 saturated carbocycles. The minimum absolute atomic E-state index is 0.0380. The van der Waals surface area contributed by atoms with Crippen LogP contribution in [0.2, 0.25) is 0 Å². The van der Waals surface area contributed by atoms with E-state index in [1.54, 1.807) is 0 Å². The number of rotatable bonds is 2. The maximum Gasteiger partial charge on any atom is 0.202 e. The summed E-state index contributed by atoms with van der Waals surface area (Å²) in [6.07, 6.45) is 1.93. The van der Waals surface area contributed by atoms with Crippen molar-refractivity contribution < 1.29 is 0 Å². The van der Waals surface area contributed by atoms with Crippen LogP contribution in [0.5, 0.6) is 0 Å². The number of nitrogens with one attached hydrogen (secondary N) is 3. The molecule has 0 fully saturated rings. The molecule has 1 aromatic heterocycles. The Morgan fingerprint density at radius 3 is 2.94 bits per heavy atom. The summed E-state index contributed by atoms with van der Waals surface area (Å²) in [5.74, 6) is 1.58. The Balaban J connectivity index is 2.03.